The van der Waals surface area contributed by atoms with E-state index in [1.807, 2.05) is 24.3 Å². The zero-order valence-electron chi connectivity index (χ0n) is 18.2. The molecule has 0 aliphatic carbocycles. The second-order valence-corrected chi connectivity index (χ2v) is 7.58. The molecule has 3 aromatic rings. The summed E-state index contributed by atoms with van der Waals surface area (Å²) in [6.07, 6.45) is 1.53. The number of rotatable bonds is 8. The van der Waals surface area contributed by atoms with Crippen LogP contribution in [0.15, 0.2) is 70.2 Å². The lowest BCUT2D eigenvalue weighted by Crippen LogP contribution is -2.21. The molecule has 0 fully saturated rings. The van der Waals surface area contributed by atoms with Gasteiger partial charge in [0.1, 0.15) is 0 Å². The lowest BCUT2D eigenvalue weighted by atomic mass is 10.1. The van der Waals surface area contributed by atoms with Gasteiger partial charge < -0.3 is 19.5 Å². The predicted molar refractivity (Wildman–Crippen MR) is 130 cm³/mol. The normalized spacial score (nSPS) is 10.5. The number of hydrazone groups is 1. The van der Waals surface area contributed by atoms with Crippen LogP contribution in [0.4, 0.5) is 5.69 Å². The van der Waals surface area contributed by atoms with Gasteiger partial charge in [-0.05, 0) is 42.0 Å². The first-order valence-electron chi connectivity index (χ1n) is 9.76. The Balaban J connectivity index is 1.78. The van der Waals surface area contributed by atoms with Gasteiger partial charge in [0, 0.05) is 10.0 Å². The van der Waals surface area contributed by atoms with E-state index in [4.69, 9.17) is 14.2 Å². The first kappa shape index (κ1) is 23.8. The molecule has 3 aromatic carbocycles. The Morgan fingerprint density at radius 2 is 1.52 bits per heavy atom. The number of nitrogens with zero attached hydrogens (tertiary/aromatic N) is 1. The van der Waals surface area contributed by atoms with E-state index < -0.39 is 11.8 Å². The summed E-state index contributed by atoms with van der Waals surface area (Å²) in [4.78, 5) is 25.6. The van der Waals surface area contributed by atoms with E-state index in [9.17, 15) is 9.59 Å². The van der Waals surface area contributed by atoms with E-state index >= 15 is 0 Å². The van der Waals surface area contributed by atoms with Crippen molar-refractivity contribution in [1.82, 2.24) is 5.43 Å². The fourth-order valence-electron chi connectivity index (χ4n) is 2.97. The number of hydrogen-bond donors (Lipinski definition) is 2. The first-order valence-corrected chi connectivity index (χ1v) is 10.6. The van der Waals surface area contributed by atoms with E-state index in [1.54, 1.807) is 24.3 Å². The summed E-state index contributed by atoms with van der Waals surface area (Å²) in [5.41, 5.74) is 4.15. The second-order valence-electron chi connectivity index (χ2n) is 6.66. The fourth-order valence-corrected chi connectivity index (χ4v) is 3.24. The minimum absolute atomic E-state index is 0.256. The number of benzene rings is 3. The average molecular weight is 512 g/mol. The monoisotopic (exact) mass is 511 g/mol. The van der Waals surface area contributed by atoms with Crippen LogP contribution < -0.4 is 25.0 Å². The Labute approximate surface area is 199 Å². The minimum Gasteiger partial charge on any atom is -0.493 e. The smallest absolute Gasteiger partial charge is 0.273 e. The largest absolute Gasteiger partial charge is 0.493 e. The molecule has 0 bridgehead atoms. The summed E-state index contributed by atoms with van der Waals surface area (Å²) in [7, 11) is 4.41. The zero-order chi connectivity index (χ0) is 23.8. The quantitative estimate of drug-likeness (QED) is 0.343. The average Bonchev–Trinajstić information content (AvgIpc) is 2.84. The third-order valence-electron chi connectivity index (χ3n) is 4.60. The molecule has 0 unspecified atom stereocenters. The van der Waals surface area contributed by atoms with Gasteiger partial charge in [0.2, 0.25) is 5.75 Å². The molecule has 0 atom stereocenters. The van der Waals surface area contributed by atoms with Crippen molar-refractivity contribution in [3.63, 3.8) is 0 Å². The Hall–Kier alpha value is -3.85. The highest BCUT2D eigenvalue weighted by atomic mass is 79.9. The van der Waals surface area contributed by atoms with E-state index in [-0.39, 0.29) is 11.1 Å². The van der Waals surface area contributed by atoms with Gasteiger partial charge in [-0.15, -0.1) is 0 Å². The van der Waals surface area contributed by atoms with Crippen LogP contribution >= 0.6 is 15.9 Å². The van der Waals surface area contributed by atoms with Crippen molar-refractivity contribution < 1.29 is 23.8 Å². The summed E-state index contributed by atoms with van der Waals surface area (Å²) in [6, 6.07) is 17.1. The Kier molecular flexibility index (Phi) is 8.04. The van der Waals surface area contributed by atoms with Gasteiger partial charge in [-0.1, -0.05) is 40.2 Å². The molecule has 9 heteroatoms. The Morgan fingerprint density at radius 3 is 2.12 bits per heavy atom. The predicted octanol–water partition coefficient (Wildman–Crippen LogP) is 4.49. The molecule has 3 rings (SSSR count). The zero-order valence-corrected chi connectivity index (χ0v) is 19.8. The number of amides is 2. The lowest BCUT2D eigenvalue weighted by Gasteiger charge is -2.15. The van der Waals surface area contributed by atoms with Gasteiger partial charge in [-0.2, -0.15) is 5.10 Å². The molecular formula is C24H22BrN3O5. The second kappa shape index (κ2) is 11.1. The van der Waals surface area contributed by atoms with Crippen molar-refractivity contribution in [2.24, 2.45) is 5.10 Å². The summed E-state index contributed by atoms with van der Waals surface area (Å²) in [5.74, 6) is 0.141. The molecule has 170 valence electrons. The van der Waals surface area contributed by atoms with Crippen molar-refractivity contribution in [1.29, 1.82) is 0 Å². The van der Waals surface area contributed by atoms with E-state index in [0.29, 0.717) is 22.9 Å². The number of carbonyl (C=O) groups is 2. The van der Waals surface area contributed by atoms with Crippen molar-refractivity contribution in [2.75, 3.05) is 26.6 Å². The topological polar surface area (TPSA) is 98.2 Å². The summed E-state index contributed by atoms with van der Waals surface area (Å²) in [6.45, 7) is 0. The maximum Gasteiger partial charge on any atom is 0.273 e. The van der Waals surface area contributed by atoms with Crippen molar-refractivity contribution >= 4 is 39.6 Å². The van der Waals surface area contributed by atoms with Gasteiger partial charge in [-0.25, -0.2) is 5.43 Å². The lowest BCUT2D eigenvalue weighted by molar-refractivity contribution is 0.0956. The standard InChI is InChI=1S/C24H22BrN3O5/c1-31-20-12-16(13-21(32-2)22(20)33-3)23(29)27-19-7-5-4-6-18(19)24(30)28-26-14-15-8-10-17(25)11-9-15/h4-14H,1-3H3,(H,27,29)(H,28,30)/b26-14-. The van der Waals surface area contributed by atoms with Crippen molar-refractivity contribution in [3.8, 4) is 17.2 Å². The first-order chi connectivity index (χ1) is 16.0. The maximum atomic E-state index is 12.9. The van der Waals surface area contributed by atoms with E-state index in [0.717, 1.165) is 10.0 Å². The molecular weight excluding hydrogens is 490 g/mol. The molecule has 0 heterocycles. The molecule has 2 N–H and O–H groups in total. The Bertz CT molecular complexity index is 1150. The summed E-state index contributed by atoms with van der Waals surface area (Å²) < 4.78 is 16.8. The number of anilines is 1. The molecule has 0 aromatic heterocycles. The van der Waals surface area contributed by atoms with Crippen LogP contribution in [0.3, 0.4) is 0 Å². The van der Waals surface area contributed by atoms with Gasteiger partial charge in [-0.3, -0.25) is 9.59 Å². The minimum atomic E-state index is -0.468. The van der Waals surface area contributed by atoms with Gasteiger partial charge in [0.05, 0.1) is 38.8 Å². The van der Waals surface area contributed by atoms with Crippen molar-refractivity contribution in [2.45, 2.75) is 0 Å². The van der Waals surface area contributed by atoms with Gasteiger partial charge in [0.25, 0.3) is 11.8 Å². The van der Waals surface area contributed by atoms with Gasteiger partial charge in [0.15, 0.2) is 11.5 Å². The van der Waals surface area contributed by atoms with Crippen LogP contribution in [0.2, 0.25) is 0 Å². The molecule has 33 heavy (non-hydrogen) atoms. The van der Waals surface area contributed by atoms with E-state index in [1.165, 1.54) is 39.7 Å². The number of halogens is 1. The van der Waals surface area contributed by atoms with Crippen LogP contribution in [0.5, 0.6) is 17.2 Å². The molecule has 0 aliphatic heterocycles. The number of nitrogens with one attached hydrogen (secondary N) is 2. The summed E-state index contributed by atoms with van der Waals surface area (Å²) in [5, 5.41) is 6.74. The number of methoxy groups -OCH3 is 3. The van der Waals surface area contributed by atoms with Crippen LogP contribution in [-0.2, 0) is 0 Å². The number of hydrogen-bond acceptors (Lipinski definition) is 6. The van der Waals surface area contributed by atoms with Crippen LogP contribution in [-0.4, -0.2) is 39.4 Å². The van der Waals surface area contributed by atoms with Crippen LogP contribution in [0.25, 0.3) is 0 Å². The molecule has 2 amide bonds. The molecule has 8 nitrogen and oxygen atoms in total. The van der Waals surface area contributed by atoms with Crippen molar-refractivity contribution in [3.05, 3.63) is 81.8 Å². The highest BCUT2D eigenvalue weighted by molar-refractivity contribution is 9.10. The number of carbonyl (C=O) groups excluding carboxylic acids is 2. The highest BCUT2D eigenvalue weighted by Gasteiger charge is 2.19. The highest BCUT2D eigenvalue weighted by Crippen LogP contribution is 2.38. The summed E-state index contributed by atoms with van der Waals surface area (Å²) >= 11 is 3.37. The fraction of sp³-hybridized carbons (Fsp3) is 0.125. The molecule has 0 saturated heterocycles. The maximum absolute atomic E-state index is 12.9. The molecule has 0 spiro atoms. The molecule has 0 radical (unpaired) electrons. The Morgan fingerprint density at radius 1 is 0.879 bits per heavy atom. The molecule has 0 saturated carbocycles. The van der Waals surface area contributed by atoms with E-state index in [2.05, 4.69) is 31.8 Å². The number of ether oxygens (including phenoxy) is 3. The number of para-hydroxylation sites is 1. The van der Waals surface area contributed by atoms with Crippen LogP contribution in [0.1, 0.15) is 26.3 Å². The third-order valence-corrected chi connectivity index (χ3v) is 5.13. The van der Waals surface area contributed by atoms with Crippen LogP contribution in [0, 0.1) is 0 Å². The van der Waals surface area contributed by atoms with Gasteiger partial charge >= 0.3 is 0 Å². The SMILES string of the molecule is COc1cc(C(=O)Nc2ccccc2C(=O)N/N=C\c2ccc(Br)cc2)cc(OC)c1OC. The third kappa shape index (κ3) is 5.89. The molecule has 0 aliphatic rings.